The monoisotopic (exact) mass is 325 g/mol. The van der Waals surface area contributed by atoms with Crippen LogP contribution in [0.4, 0.5) is 0 Å². The van der Waals surface area contributed by atoms with Crippen LogP contribution in [0.2, 0.25) is 0 Å². The first kappa shape index (κ1) is 16.5. The highest BCUT2D eigenvalue weighted by Crippen LogP contribution is 2.17. The highest BCUT2D eigenvalue weighted by atomic mass is 16.5. The molecule has 24 heavy (non-hydrogen) atoms. The minimum atomic E-state index is 0.0889. The average molecular weight is 325 g/mol. The van der Waals surface area contributed by atoms with Gasteiger partial charge >= 0.3 is 0 Å². The minimum absolute atomic E-state index is 0.0889. The molecular weight excluding hydrogens is 302 g/mol. The van der Waals surface area contributed by atoms with Crippen molar-refractivity contribution in [3.63, 3.8) is 0 Å². The second-order valence-corrected chi connectivity index (χ2v) is 6.09. The zero-order chi connectivity index (χ0) is 16.8. The molecule has 0 radical (unpaired) electrons. The molecule has 0 N–H and O–H groups in total. The zero-order valence-corrected chi connectivity index (χ0v) is 14.0. The van der Waals surface area contributed by atoms with Crippen molar-refractivity contribution in [2.75, 3.05) is 26.3 Å². The summed E-state index contributed by atoms with van der Waals surface area (Å²) < 4.78 is 11.4. The van der Waals surface area contributed by atoms with Crippen molar-refractivity contribution >= 4 is 5.91 Å². The molecule has 1 fully saturated rings. The van der Waals surface area contributed by atoms with Crippen LogP contribution in [0.15, 0.2) is 54.6 Å². The number of para-hydroxylation sites is 1. The molecule has 0 unspecified atom stereocenters. The van der Waals surface area contributed by atoms with E-state index in [0.717, 1.165) is 23.3 Å². The molecule has 0 spiro atoms. The number of hydrogen-bond acceptors (Lipinski definition) is 3. The number of hydrogen-bond donors (Lipinski definition) is 0. The quantitative estimate of drug-likeness (QED) is 0.733. The number of likely N-dealkylation sites (tertiary alicyclic amines) is 1. The predicted molar refractivity (Wildman–Crippen MR) is 93.4 cm³/mol. The van der Waals surface area contributed by atoms with Crippen molar-refractivity contribution in [1.29, 1.82) is 0 Å². The average Bonchev–Trinajstić information content (AvgIpc) is 2.56. The second kappa shape index (κ2) is 7.97. The van der Waals surface area contributed by atoms with Crippen molar-refractivity contribution in [2.45, 2.75) is 19.4 Å². The van der Waals surface area contributed by atoms with E-state index in [2.05, 4.69) is 0 Å². The van der Waals surface area contributed by atoms with Gasteiger partial charge in [-0.25, -0.2) is 0 Å². The predicted octanol–water partition coefficient (Wildman–Crippen LogP) is 3.31. The Morgan fingerprint density at radius 2 is 1.88 bits per heavy atom. The van der Waals surface area contributed by atoms with Crippen LogP contribution in [0, 0.1) is 6.92 Å². The summed E-state index contributed by atoms with van der Waals surface area (Å²) in [7, 11) is 0. The van der Waals surface area contributed by atoms with Crippen LogP contribution < -0.4 is 4.74 Å². The summed E-state index contributed by atoms with van der Waals surface area (Å²) in [5, 5.41) is 0. The Bertz CT molecular complexity index is 666. The first-order valence-corrected chi connectivity index (χ1v) is 8.38. The minimum Gasteiger partial charge on any atom is -0.494 e. The van der Waals surface area contributed by atoms with E-state index >= 15 is 0 Å². The largest absolute Gasteiger partial charge is 0.494 e. The molecule has 1 heterocycles. The Morgan fingerprint density at radius 1 is 1.08 bits per heavy atom. The lowest BCUT2D eigenvalue weighted by molar-refractivity contribution is -0.0449. The SMILES string of the molecule is Cc1cccc(C(=O)N2CC(OCCCOc3ccccc3)C2)c1. The highest BCUT2D eigenvalue weighted by molar-refractivity contribution is 5.94. The molecular formula is C20H23NO3. The first-order valence-electron chi connectivity index (χ1n) is 8.38. The van der Waals surface area contributed by atoms with Gasteiger partial charge in [0.15, 0.2) is 0 Å². The Labute approximate surface area is 143 Å². The lowest BCUT2D eigenvalue weighted by Crippen LogP contribution is -2.54. The van der Waals surface area contributed by atoms with E-state index in [1.807, 2.05) is 66.4 Å². The van der Waals surface area contributed by atoms with Crippen LogP contribution in [0.25, 0.3) is 0 Å². The highest BCUT2D eigenvalue weighted by Gasteiger charge is 2.31. The molecule has 0 bridgehead atoms. The molecule has 2 aromatic rings. The van der Waals surface area contributed by atoms with E-state index < -0.39 is 0 Å². The molecule has 1 aliphatic heterocycles. The van der Waals surface area contributed by atoms with Gasteiger partial charge in [-0.05, 0) is 31.2 Å². The summed E-state index contributed by atoms with van der Waals surface area (Å²) in [5.74, 6) is 0.974. The smallest absolute Gasteiger partial charge is 0.254 e. The first-order chi connectivity index (χ1) is 11.7. The number of nitrogens with zero attached hydrogens (tertiary/aromatic N) is 1. The van der Waals surface area contributed by atoms with Gasteiger partial charge < -0.3 is 14.4 Å². The summed E-state index contributed by atoms with van der Waals surface area (Å²) in [6.07, 6.45) is 0.993. The number of carbonyl (C=O) groups is 1. The number of rotatable bonds is 7. The van der Waals surface area contributed by atoms with Crippen LogP contribution in [0.1, 0.15) is 22.3 Å². The normalized spacial score (nSPS) is 14.3. The van der Waals surface area contributed by atoms with E-state index in [-0.39, 0.29) is 12.0 Å². The molecule has 3 rings (SSSR count). The van der Waals surface area contributed by atoms with Crippen LogP contribution in [0.3, 0.4) is 0 Å². The summed E-state index contributed by atoms with van der Waals surface area (Å²) in [5.41, 5.74) is 1.86. The number of ether oxygens (including phenoxy) is 2. The third kappa shape index (κ3) is 4.36. The van der Waals surface area contributed by atoms with Gasteiger partial charge in [-0.15, -0.1) is 0 Å². The third-order valence-electron chi connectivity index (χ3n) is 4.05. The molecule has 4 nitrogen and oxygen atoms in total. The fourth-order valence-electron chi connectivity index (χ4n) is 2.69. The lowest BCUT2D eigenvalue weighted by atomic mass is 10.1. The topological polar surface area (TPSA) is 38.8 Å². The Hall–Kier alpha value is -2.33. The summed E-state index contributed by atoms with van der Waals surface area (Å²) in [6, 6.07) is 17.5. The summed E-state index contributed by atoms with van der Waals surface area (Å²) in [4.78, 5) is 14.1. The Balaban J connectivity index is 1.30. The molecule has 0 aromatic heterocycles. The van der Waals surface area contributed by atoms with E-state index in [0.29, 0.717) is 26.3 Å². The standard InChI is InChI=1S/C20H23NO3/c1-16-7-5-8-17(13-16)20(22)21-14-19(15-21)24-12-6-11-23-18-9-3-2-4-10-18/h2-5,7-10,13,19H,6,11-12,14-15H2,1H3. The Kier molecular flexibility index (Phi) is 5.49. The molecule has 1 amide bonds. The van der Waals surface area contributed by atoms with Gasteiger partial charge in [-0.2, -0.15) is 0 Å². The van der Waals surface area contributed by atoms with Gasteiger partial charge in [0, 0.05) is 25.1 Å². The lowest BCUT2D eigenvalue weighted by Gasteiger charge is -2.39. The Morgan fingerprint density at radius 3 is 2.62 bits per heavy atom. The summed E-state index contributed by atoms with van der Waals surface area (Å²) in [6.45, 7) is 4.64. The molecule has 4 heteroatoms. The molecule has 1 saturated heterocycles. The zero-order valence-electron chi connectivity index (χ0n) is 14.0. The molecule has 126 valence electrons. The van der Waals surface area contributed by atoms with Gasteiger partial charge in [-0.3, -0.25) is 4.79 Å². The maximum absolute atomic E-state index is 12.3. The molecule has 2 aromatic carbocycles. The second-order valence-electron chi connectivity index (χ2n) is 6.09. The van der Waals surface area contributed by atoms with Crippen LogP contribution >= 0.6 is 0 Å². The maximum Gasteiger partial charge on any atom is 0.254 e. The van der Waals surface area contributed by atoms with Crippen LogP contribution in [0.5, 0.6) is 5.75 Å². The number of carbonyl (C=O) groups excluding carboxylic acids is 1. The van der Waals surface area contributed by atoms with Gasteiger partial charge in [-0.1, -0.05) is 35.9 Å². The molecule has 1 aliphatic rings. The molecule has 0 saturated carbocycles. The maximum atomic E-state index is 12.3. The number of amides is 1. The van der Waals surface area contributed by atoms with E-state index in [1.165, 1.54) is 0 Å². The van der Waals surface area contributed by atoms with Gasteiger partial charge in [0.25, 0.3) is 5.91 Å². The fraction of sp³-hybridized carbons (Fsp3) is 0.350. The van der Waals surface area contributed by atoms with Gasteiger partial charge in [0.1, 0.15) is 5.75 Å². The molecule has 0 aliphatic carbocycles. The van der Waals surface area contributed by atoms with Crippen molar-refractivity contribution in [3.05, 3.63) is 65.7 Å². The van der Waals surface area contributed by atoms with E-state index in [9.17, 15) is 4.79 Å². The molecule has 0 atom stereocenters. The van der Waals surface area contributed by atoms with Crippen molar-refractivity contribution in [3.8, 4) is 5.75 Å². The number of benzene rings is 2. The van der Waals surface area contributed by atoms with Crippen LogP contribution in [-0.2, 0) is 4.74 Å². The van der Waals surface area contributed by atoms with Crippen LogP contribution in [-0.4, -0.2) is 43.2 Å². The fourth-order valence-corrected chi connectivity index (χ4v) is 2.69. The van der Waals surface area contributed by atoms with Crippen molar-refractivity contribution < 1.29 is 14.3 Å². The van der Waals surface area contributed by atoms with Gasteiger partial charge in [0.2, 0.25) is 0 Å². The number of aryl methyl sites for hydroxylation is 1. The van der Waals surface area contributed by atoms with E-state index in [1.54, 1.807) is 0 Å². The van der Waals surface area contributed by atoms with Crippen molar-refractivity contribution in [1.82, 2.24) is 4.90 Å². The summed E-state index contributed by atoms with van der Waals surface area (Å²) >= 11 is 0. The third-order valence-corrected chi connectivity index (χ3v) is 4.05. The van der Waals surface area contributed by atoms with Gasteiger partial charge in [0.05, 0.1) is 19.3 Å². The van der Waals surface area contributed by atoms with Crippen molar-refractivity contribution in [2.24, 2.45) is 0 Å². The van der Waals surface area contributed by atoms with E-state index in [4.69, 9.17) is 9.47 Å².